The molecule has 6 nitrogen and oxygen atoms in total. The highest BCUT2D eigenvalue weighted by atomic mass is 32.2. The fourth-order valence-electron chi connectivity index (χ4n) is 2.58. The first-order chi connectivity index (χ1) is 11.3. The summed E-state index contributed by atoms with van der Waals surface area (Å²) in [5, 5.41) is 16.0. The van der Waals surface area contributed by atoms with Crippen LogP contribution < -0.4 is 10.6 Å². The first-order valence-corrected chi connectivity index (χ1v) is 8.55. The fourth-order valence-corrected chi connectivity index (χ4v) is 3.10. The van der Waals surface area contributed by atoms with Crippen LogP contribution in [0.5, 0.6) is 0 Å². The number of rotatable bonds is 5. The van der Waals surface area contributed by atoms with Crippen molar-refractivity contribution in [3.63, 3.8) is 0 Å². The number of amides is 1. The summed E-state index contributed by atoms with van der Waals surface area (Å²) < 4.78 is 0. The van der Waals surface area contributed by atoms with Crippen molar-refractivity contribution in [1.82, 2.24) is 25.8 Å². The van der Waals surface area contributed by atoms with Gasteiger partial charge in [-0.1, -0.05) is 18.3 Å². The highest BCUT2D eigenvalue weighted by Gasteiger charge is 2.16. The van der Waals surface area contributed by atoms with E-state index in [2.05, 4.69) is 32.4 Å². The zero-order chi connectivity index (χ0) is 16.1. The van der Waals surface area contributed by atoms with Crippen molar-refractivity contribution < 1.29 is 4.79 Å². The van der Waals surface area contributed by atoms with Crippen LogP contribution in [0.4, 0.5) is 0 Å². The van der Waals surface area contributed by atoms with Crippen LogP contribution in [-0.4, -0.2) is 40.7 Å². The second-order valence-corrected chi connectivity index (χ2v) is 6.51. The number of hydrogen-bond donors (Lipinski definition) is 2. The quantitative estimate of drug-likeness (QED) is 0.817. The second kappa shape index (κ2) is 7.52. The Balaban J connectivity index is 1.70. The molecule has 0 unspecified atom stereocenters. The van der Waals surface area contributed by atoms with Crippen molar-refractivity contribution in [3.05, 3.63) is 36.0 Å². The number of benzene rings is 1. The molecule has 3 rings (SSSR count). The molecule has 0 saturated carbocycles. The Hall–Kier alpha value is -1.99. The molecule has 0 atom stereocenters. The molecule has 1 fully saturated rings. The van der Waals surface area contributed by atoms with Gasteiger partial charge in [0.1, 0.15) is 5.52 Å². The van der Waals surface area contributed by atoms with E-state index in [1.165, 1.54) is 11.8 Å². The highest BCUT2D eigenvalue weighted by molar-refractivity contribution is 8.02. The molecule has 0 radical (unpaired) electrons. The predicted octanol–water partition coefficient (Wildman–Crippen LogP) is 1.99. The van der Waals surface area contributed by atoms with E-state index >= 15 is 0 Å². The van der Waals surface area contributed by atoms with E-state index in [1.807, 2.05) is 18.2 Å². The summed E-state index contributed by atoms with van der Waals surface area (Å²) >= 11 is 1.50. The molecule has 2 aromatic rings. The van der Waals surface area contributed by atoms with Gasteiger partial charge in [0, 0.05) is 11.4 Å². The maximum atomic E-state index is 12.2. The van der Waals surface area contributed by atoms with E-state index in [1.54, 1.807) is 5.41 Å². The van der Waals surface area contributed by atoms with Crippen LogP contribution in [0, 0.1) is 5.92 Å². The molecular formula is C16H19N5OS. The molecule has 1 aliphatic heterocycles. The molecule has 2 heterocycles. The van der Waals surface area contributed by atoms with Crippen LogP contribution in [0.3, 0.4) is 0 Å². The molecule has 7 heteroatoms. The van der Waals surface area contributed by atoms with E-state index in [0.29, 0.717) is 23.5 Å². The topological polar surface area (TPSA) is 79.8 Å². The van der Waals surface area contributed by atoms with Crippen LogP contribution in [0.15, 0.2) is 35.1 Å². The number of fused-ring (bicyclic) bond motifs is 1. The molecule has 1 aromatic carbocycles. The minimum absolute atomic E-state index is 0.118. The largest absolute Gasteiger partial charge is 0.349 e. The Labute approximate surface area is 139 Å². The third-order valence-electron chi connectivity index (χ3n) is 3.86. The molecule has 1 aliphatic rings. The monoisotopic (exact) mass is 329 g/mol. The van der Waals surface area contributed by atoms with Crippen molar-refractivity contribution in [2.24, 2.45) is 5.92 Å². The van der Waals surface area contributed by atoms with Gasteiger partial charge in [0.2, 0.25) is 5.82 Å². The van der Waals surface area contributed by atoms with Gasteiger partial charge >= 0.3 is 0 Å². The Morgan fingerprint density at radius 1 is 1.35 bits per heavy atom. The van der Waals surface area contributed by atoms with E-state index in [9.17, 15) is 4.79 Å². The van der Waals surface area contributed by atoms with Gasteiger partial charge in [-0.25, -0.2) is 4.98 Å². The number of carbonyl (C=O) groups is 1. The maximum absolute atomic E-state index is 12.2. The van der Waals surface area contributed by atoms with Gasteiger partial charge in [0.15, 0.2) is 0 Å². The summed E-state index contributed by atoms with van der Waals surface area (Å²) in [6, 6.07) is 5.67. The second-order valence-electron chi connectivity index (χ2n) is 5.47. The molecule has 1 saturated heterocycles. The number of piperidine rings is 1. The molecule has 1 aromatic heterocycles. The summed E-state index contributed by atoms with van der Waals surface area (Å²) in [6.07, 6.45) is 2.17. The van der Waals surface area contributed by atoms with Gasteiger partial charge < -0.3 is 10.6 Å². The highest BCUT2D eigenvalue weighted by Crippen LogP contribution is 2.21. The molecule has 1 amide bonds. The van der Waals surface area contributed by atoms with E-state index in [0.717, 1.165) is 30.8 Å². The summed E-state index contributed by atoms with van der Waals surface area (Å²) in [5.41, 5.74) is 1.34. The van der Waals surface area contributed by atoms with Crippen molar-refractivity contribution >= 4 is 28.7 Å². The lowest BCUT2D eigenvalue weighted by molar-refractivity contribution is 0.0933. The van der Waals surface area contributed by atoms with Crippen LogP contribution in [0.2, 0.25) is 0 Å². The molecule has 2 N–H and O–H groups in total. The lowest BCUT2D eigenvalue weighted by atomic mass is 9.98. The lowest BCUT2D eigenvalue weighted by Gasteiger charge is -2.22. The Morgan fingerprint density at radius 2 is 2.17 bits per heavy atom. The number of aromatic nitrogens is 3. The van der Waals surface area contributed by atoms with Crippen molar-refractivity contribution in [3.8, 4) is 0 Å². The van der Waals surface area contributed by atoms with E-state index < -0.39 is 0 Å². The predicted molar refractivity (Wildman–Crippen MR) is 91.3 cm³/mol. The summed E-state index contributed by atoms with van der Waals surface area (Å²) in [5.74, 6) is 0.371. The van der Waals surface area contributed by atoms with E-state index in [-0.39, 0.29) is 11.7 Å². The fraction of sp³-hybridized carbons (Fsp3) is 0.375. The summed E-state index contributed by atoms with van der Waals surface area (Å²) in [4.78, 5) is 17.6. The number of carbonyl (C=O) groups excluding carboxylic acids is 1. The van der Waals surface area contributed by atoms with E-state index in [4.69, 9.17) is 0 Å². The Morgan fingerprint density at radius 3 is 2.96 bits per heavy atom. The summed E-state index contributed by atoms with van der Waals surface area (Å²) in [6.45, 7) is 6.38. The standard InChI is InChI=1S/C16H19N5OS/c1-2-23-12-3-4-13-14(9-12)19-15(21-20-13)16(22)18-10-11-5-7-17-8-6-11/h2-4,9,11,17H,1,5-8,10H2,(H,18,22). The van der Waals surface area contributed by atoms with Crippen molar-refractivity contribution in [2.45, 2.75) is 17.7 Å². The first-order valence-electron chi connectivity index (χ1n) is 7.67. The molecular weight excluding hydrogens is 310 g/mol. The smallest absolute Gasteiger partial charge is 0.291 e. The average molecular weight is 329 g/mol. The summed E-state index contributed by atoms with van der Waals surface area (Å²) in [7, 11) is 0. The normalized spacial score (nSPS) is 15.5. The zero-order valence-corrected chi connectivity index (χ0v) is 13.6. The number of nitrogens with zero attached hydrogens (tertiary/aromatic N) is 3. The Bertz CT molecular complexity index is 715. The maximum Gasteiger partial charge on any atom is 0.291 e. The number of hydrogen-bond acceptors (Lipinski definition) is 6. The van der Waals surface area contributed by atoms with Crippen LogP contribution in [-0.2, 0) is 0 Å². The van der Waals surface area contributed by atoms with Gasteiger partial charge in [-0.2, -0.15) is 0 Å². The number of nitrogens with one attached hydrogen (secondary N) is 2. The van der Waals surface area contributed by atoms with Crippen LogP contribution in [0.1, 0.15) is 23.5 Å². The molecule has 0 spiro atoms. The number of thioether (sulfide) groups is 1. The van der Waals surface area contributed by atoms with Gasteiger partial charge in [0.05, 0.1) is 5.52 Å². The first kappa shape index (κ1) is 15.9. The van der Waals surface area contributed by atoms with Gasteiger partial charge in [-0.15, -0.1) is 10.2 Å². The molecule has 0 bridgehead atoms. The third kappa shape index (κ3) is 4.05. The van der Waals surface area contributed by atoms with Crippen molar-refractivity contribution in [1.29, 1.82) is 0 Å². The molecule has 23 heavy (non-hydrogen) atoms. The lowest BCUT2D eigenvalue weighted by Crippen LogP contribution is -2.36. The SMILES string of the molecule is C=CSc1ccc2nnc(C(=O)NCC3CCNCC3)nc2c1. The zero-order valence-electron chi connectivity index (χ0n) is 12.8. The minimum Gasteiger partial charge on any atom is -0.349 e. The molecule has 0 aliphatic carbocycles. The minimum atomic E-state index is -0.264. The van der Waals surface area contributed by atoms with Crippen LogP contribution >= 0.6 is 11.8 Å². The van der Waals surface area contributed by atoms with Crippen molar-refractivity contribution in [2.75, 3.05) is 19.6 Å². The average Bonchev–Trinajstić information content (AvgIpc) is 2.60. The molecule has 120 valence electrons. The van der Waals surface area contributed by atoms with Gasteiger partial charge in [0.25, 0.3) is 5.91 Å². The Kier molecular flexibility index (Phi) is 5.19. The van der Waals surface area contributed by atoms with Crippen LogP contribution in [0.25, 0.3) is 11.0 Å². The van der Waals surface area contributed by atoms with Gasteiger partial charge in [-0.3, -0.25) is 4.79 Å². The van der Waals surface area contributed by atoms with Gasteiger partial charge in [-0.05, 0) is 55.5 Å². The third-order valence-corrected chi connectivity index (χ3v) is 4.55.